The van der Waals surface area contributed by atoms with E-state index < -0.39 is 4.92 Å². The summed E-state index contributed by atoms with van der Waals surface area (Å²) >= 11 is 1.49. The van der Waals surface area contributed by atoms with Gasteiger partial charge >= 0.3 is 0 Å². The number of hydrogen-bond acceptors (Lipinski definition) is 6. The maximum atomic E-state index is 12.0. The second-order valence-corrected chi connectivity index (χ2v) is 5.98. The molecule has 128 valence electrons. The van der Waals surface area contributed by atoms with Crippen LogP contribution < -0.4 is 10.1 Å². The molecule has 0 atom stereocenters. The molecule has 0 saturated carbocycles. The highest BCUT2D eigenvalue weighted by Crippen LogP contribution is 2.27. The first kappa shape index (κ1) is 18.3. The van der Waals surface area contributed by atoms with Crippen molar-refractivity contribution in [3.05, 3.63) is 58.6 Å². The van der Waals surface area contributed by atoms with E-state index in [2.05, 4.69) is 11.4 Å². The Balaban J connectivity index is 1.90. The average molecular weight is 357 g/mol. The number of nitro groups is 1. The van der Waals surface area contributed by atoms with Gasteiger partial charge in [0.15, 0.2) is 6.61 Å². The number of nitrogens with zero attached hydrogens (tertiary/aromatic N) is 2. The molecule has 0 unspecified atom stereocenters. The first-order chi connectivity index (χ1) is 12.1. The van der Waals surface area contributed by atoms with Gasteiger partial charge in [0.25, 0.3) is 11.6 Å². The first-order valence-electron chi connectivity index (χ1n) is 7.36. The van der Waals surface area contributed by atoms with Gasteiger partial charge in [0.05, 0.1) is 16.7 Å². The average Bonchev–Trinajstić information content (AvgIpc) is 2.62. The fraction of sp³-hybridized carbons (Fsp3) is 0.176. The van der Waals surface area contributed by atoms with Gasteiger partial charge in [0.2, 0.25) is 0 Å². The number of non-ortho nitro benzene ring substituents is 1. The van der Waals surface area contributed by atoms with Gasteiger partial charge in [-0.25, -0.2) is 0 Å². The van der Waals surface area contributed by atoms with Gasteiger partial charge in [-0.1, -0.05) is 12.1 Å². The Morgan fingerprint density at radius 1 is 1.24 bits per heavy atom. The van der Waals surface area contributed by atoms with Crippen LogP contribution in [-0.4, -0.2) is 23.2 Å². The van der Waals surface area contributed by atoms with E-state index in [0.29, 0.717) is 23.6 Å². The molecule has 0 saturated heterocycles. The lowest BCUT2D eigenvalue weighted by Gasteiger charge is -2.11. The van der Waals surface area contributed by atoms with Crippen LogP contribution in [0.1, 0.15) is 6.42 Å². The Bertz CT molecular complexity index is 787. The normalized spacial score (nSPS) is 9.88. The summed E-state index contributed by atoms with van der Waals surface area (Å²) in [6.07, 6.45) is 0.427. The molecule has 0 bridgehead atoms. The van der Waals surface area contributed by atoms with Crippen LogP contribution in [0.4, 0.5) is 11.4 Å². The molecule has 0 aliphatic carbocycles. The van der Waals surface area contributed by atoms with E-state index in [9.17, 15) is 14.9 Å². The van der Waals surface area contributed by atoms with Crippen LogP contribution in [0.5, 0.6) is 5.75 Å². The van der Waals surface area contributed by atoms with Crippen molar-refractivity contribution in [1.82, 2.24) is 0 Å². The zero-order valence-corrected chi connectivity index (χ0v) is 14.0. The number of carbonyl (C=O) groups excluding carboxylic acids is 1. The van der Waals surface area contributed by atoms with E-state index in [1.165, 1.54) is 36.0 Å². The Kier molecular flexibility index (Phi) is 6.80. The number of nitriles is 1. The Morgan fingerprint density at radius 3 is 2.64 bits per heavy atom. The third kappa shape index (κ3) is 5.82. The fourth-order valence-electron chi connectivity index (χ4n) is 1.90. The highest BCUT2D eigenvalue weighted by atomic mass is 32.2. The lowest BCUT2D eigenvalue weighted by molar-refractivity contribution is -0.384. The molecule has 0 aromatic heterocycles. The van der Waals surface area contributed by atoms with Crippen molar-refractivity contribution in [1.29, 1.82) is 5.26 Å². The van der Waals surface area contributed by atoms with Crippen molar-refractivity contribution in [2.24, 2.45) is 0 Å². The third-order valence-electron chi connectivity index (χ3n) is 3.05. The van der Waals surface area contributed by atoms with Crippen LogP contribution in [-0.2, 0) is 4.79 Å². The predicted octanol–water partition coefficient (Wildman–Crippen LogP) is 3.62. The largest absolute Gasteiger partial charge is 0.484 e. The molecule has 1 amide bonds. The van der Waals surface area contributed by atoms with Gasteiger partial charge in [-0.15, -0.1) is 11.8 Å². The molecule has 0 radical (unpaired) electrons. The van der Waals surface area contributed by atoms with Gasteiger partial charge in [-0.3, -0.25) is 14.9 Å². The van der Waals surface area contributed by atoms with E-state index >= 15 is 0 Å². The van der Waals surface area contributed by atoms with Crippen LogP contribution in [0.2, 0.25) is 0 Å². The number of para-hydroxylation sites is 1. The van der Waals surface area contributed by atoms with Crippen molar-refractivity contribution in [3.8, 4) is 11.8 Å². The van der Waals surface area contributed by atoms with E-state index in [1.807, 2.05) is 12.1 Å². The van der Waals surface area contributed by atoms with Crippen molar-refractivity contribution < 1.29 is 14.5 Å². The molecule has 0 spiro atoms. The number of amides is 1. The minimum Gasteiger partial charge on any atom is -0.484 e. The van der Waals surface area contributed by atoms with E-state index in [-0.39, 0.29) is 18.2 Å². The molecule has 2 aromatic carbocycles. The Hall–Kier alpha value is -3.05. The number of benzene rings is 2. The van der Waals surface area contributed by atoms with Crippen LogP contribution >= 0.6 is 11.8 Å². The van der Waals surface area contributed by atoms with E-state index in [4.69, 9.17) is 10.00 Å². The van der Waals surface area contributed by atoms with Crippen molar-refractivity contribution in [3.63, 3.8) is 0 Å². The van der Waals surface area contributed by atoms with Crippen molar-refractivity contribution in [2.75, 3.05) is 17.7 Å². The minimum absolute atomic E-state index is 0.0416. The summed E-state index contributed by atoms with van der Waals surface area (Å²) in [6.45, 7) is -0.213. The first-order valence-corrected chi connectivity index (χ1v) is 8.34. The molecular weight excluding hydrogens is 342 g/mol. The lowest BCUT2D eigenvalue weighted by atomic mass is 10.3. The van der Waals surface area contributed by atoms with Gasteiger partial charge in [0.1, 0.15) is 5.75 Å². The Labute approximate surface area is 148 Å². The molecule has 2 rings (SSSR count). The van der Waals surface area contributed by atoms with Gasteiger partial charge in [-0.05, 0) is 24.3 Å². The molecular formula is C17H15N3O4S. The second kappa shape index (κ2) is 9.30. The highest BCUT2D eigenvalue weighted by Gasteiger charge is 2.09. The zero-order valence-electron chi connectivity index (χ0n) is 13.2. The summed E-state index contributed by atoms with van der Waals surface area (Å²) in [7, 11) is 0. The summed E-state index contributed by atoms with van der Waals surface area (Å²) in [4.78, 5) is 23.0. The van der Waals surface area contributed by atoms with Gasteiger partial charge < -0.3 is 10.1 Å². The monoisotopic (exact) mass is 357 g/mol. The van der Waals surface area contributed by atoms with Crippen LogP contribution in [0, 0.1) is 21.4 Å². The summed E-state index contributed by atoms with van der Waals surface area (Å²) in [5.74, 6) is 0.673. The van der Waals surface area contributed by atoms with Crippen LogP contribution in [0.15, 0.2) is 53.4 Å². The van der Waals surface area contributed by atoms with E-state index in [0.717, 1.165) is 4.90 Å². The summed E-state index contributed by atoms with van der Waals surface area (Å²) in [5, 5.41) is 21.9. The summed E-state index contributed by atoms with van der Waals surface area (Å²) in [5.41, 5.74) is 0.614. The molecule has 8 heteroatoms. The Morgan fingerprint density at radius 2 is 1.96 bits per heavy atom. The molecule has 0 fully saturated rings. The number of thioether (sulfide) groups is 1. The highest BCUT2D eigenvalue weighted by molar-refractivity contribution is 7.99. The molecule has 7 nitrogen and oxygen atoms in total. The lowest BCUT2D eigenvalue weighted by Crippen LogP contribution is -2.20. The quantitative estimate of drug-likeness (QED) is 0.335. The standard InChI is InChI=1S/C17H15N3O4S/c18-10-3-11-25-16-5-2-1-4-15(16)19-17(21)12-24-14-8-6-13(7-9-14)20(22)23/h1-2,4-9H,3,11-12H2,(H,19,21). The summed E-state index contributed by atoms with van der Waals surface area (Å²) < 4.78 is 5.33. The van der Waals surface area contributed by atoms with Crippen LogP contribution in [0.25, 0.3) is 0 Å². The number of hydrogen-bond donors (Lipinski definition) is 1. The zero-order chi connectivity index (χ0) is 18.1. The molecule has 2 aromatic rings. The topological polar surface area (TPSA) is 105 Å². The minimum atomic E-state index is -0.503. The van der Waals surface area contributed by atoms with Crippen LogP contribution in [0.3, 0.4) is 0 Å². The van der Waals surface area contributed by atoms with Crippen molar-refractivity contribution in [2.45, 2.75) is 11.3 Å². The van der Waals surface area contributed by atoms with Gasteiger partial charge in [-0.2, -0.15) is 5.26 Å². The number of ether oxygens (including phenoxy) is 1. The molecule has 25 heavy (non-hydrogen) atoms. The maximum absolute atomic E-state index is 12.0. The number of nitro benzene ring substituents is 1. The number of anilines is 1. The number of nitrogens with one attached hydrogen (secondary N) is 1. The number of carbonyl (C=O) groups is 1. The van der Waals surface area contributed by atoms with E-state index in [1.54, 1.807) is 12.1 Å². The van der Waals surface area contributed by atoms with Gasteiger partial charge in [0, 0.05) is 29.2 Å². The molecule has 1 N–H and O–H groups in total. The van der Waals surface area contributed by atoms with Crippen molar-refractivity contribution >= 4 is 29.0 Å². The molecule has 0 heterocycles. The number of rotatable bonds is 8. The fourth-order valence-corrected chi connectivity index (χ4v) is 2.76. The second-order valence-electron chi connectivity index (χ2n) is 4.84. The summed E-state index contributed by atoms with van der Waals surface area (Å²) in [6, 6.07) is 14.9. The third-order valence-corrected chi connectivity index (χ3v) is 4.13. The molecule has 0 aliphatic heterocycles. The maximum Gasteiger partial charge on any atom is 0.269 e. The molecule has 0 aliphatic rings. The predicted molar refractivity (Wildman–Crippen MR) is 94.6 cm³/mol. The SMILES string of the molecule is N#CCCSc1ccccc1NC(=O)COc1ccc([N+](=O)[O-])cc1. The smallest absolute Gasteiger partial charge is 0.269 e.